The summed E-state index contributed by atoms with van der Waals surface area (Å²) in [5.74, 6) is -0.206. The van der Waals surface area contributed by atoms with Gasteiger partial charge in [0.15, 0.2) is 0 Å². The highest BCUT2D eigenvalue weighted by Gasteiger charge is 2.33. The Hall–Kier alpha value is -1.61. The summed E-state index contributed by atoms with van der Waals surface area (Å²) in [6.45, 7) is 0.695. The van der Waals surface area contributed by atoms with Crippen LogP contribution in [0.5, 0.6) is 0 Å². The molecule has 26 heavy (non-hydrogen) atoms. The third kappa shape index (κ3) is 6.28. The molecule has 0 aromatic heterocycles. The fourth-order valence-electron chi connectivity index (χ4n) is 3.21. The first kappa shape index (κ1) is 20.7. The van der Waals surface area contributed by atoms with E-state index in [0.29, 0.717) is 25.9 Å². The molecule has 1 aliphatic rings. The number of hydrogen-bond donors (Lipinski definition) is 1. The Morgan fingerprint density at radius 2 is 2.00 bits per heavy atom. The average Bonchev–Trinajstić information content (AvgIpc) is 2.57. The van der Waals surface area contributed by atoms with Crippen LogP contribution in [0.4, 0.5) is 13.2 Å². The van der Waals surface area contributed by atoms with Crippen molar-refractivity contribution in [2.75, 3.05) is 25.9 Å². The molecule has 146 valence electrons. The van der Waals surface area contributed by atoms with Crippen LogP contribution in [0.3, 0.4) is 0 Å². The minimum atomic E-state index is -4.37. The molecule has 1 amide bonds. The molecule has 0 spiro atoms. The highest BCUT2D eigenvalue weighted by atomic mass is 32.2. The maximum Gasteiger partial charge on any atom is 0.416 e. The number of alkyl halides is 3. The fraction of sp³-hybridized carbons (Fsp3) is 0.588. The van der Waals surface area contributed by atoms with Crippen molar-refractivity contribution in [3.8, 4) is 0 Å². The zero-order valence-electron chi connectivity index (χ0n) is 14.6. The lowest BCUT2D eigenvalue weighted by Gasteiger charge is -2.33. The van der Waals surface area contributed by atoms with Gasteiger partial charge in [-0.15, -0.1) is 0 Å². The molecule has 0 saturated carbocycles. The Balaban J connectivity index is 1.92. The van der Waals surface area contributed by atoms with Gasteiger partial charge in [0, 0.05) is 13.1 Å². The quantitative estimate of drug-likeness (QED) is 0.809. The molecular formula is C17H23F3N2O3S. The molecule has 9 heteroatoms. The maximum absolute atomic E-state index is 13.1. The van der Waals surface area contributed by atoms with E-state index in [-0.39, 0.29) is 23.9 Å². The monoisotopic (exact) mass is 392 g/mol. The SMILES string of the molecule is CS(=O)(=O)NCC(=O)N1CCCC(CCc2ccccc2C(F)(F)F)C1. The zero-order chi connectivity index (χ0) is 19.4. The number of carbonyl (C=O) groups is 1. The lowest BCUT2D eigenvalue weighted by Crippen LogP contribution is -2.45. The fourth-order valence-corrected chi connectivity index (χ4v) is 3.59. The van der Waals surface area contributed by atoms with Gasteiger partial charge in [0.2, 0.25) is 15.9 Å². The highest BCUT2D eigenvalue weighted by molar-refractivity contribution is 7.88. The molecule has 1 fully saturated rings. The second kappa shape index (κ2) is 8.39. The summed E-state index contributed by atoms with van der Waals surface area (Å²) in [6, 6.07) is 5.55. The number of aryl methyl sites for hydroxylation is 1. The van der Waals surface area contributed by atoms with E-state index in [2.05, 4.69) is 4.72 Å². The van der Waals surface area contributed by atoms with Crippen LogP contribution in [-0.4, -0.2) is 45.1 Å². The summed E-state index contributed by atoms with van der Waals surface area (Å²) in [5, 5.41) is 0. The van der Waals surface area contributed by atoms with Crippen LogP contribution in [0.25, 0.3) is 0 Å². The molecule has 1 N–H and O–H groups in total. The molecular weight excluding hydrogens is 369 g/mol. The van der Waals surface area contributed by atoms with Crippen molar-refractivity contribution >= 4 is 15.9 Å². The van der Waals surface area contributed by atoms with E-state index in [9.17, 15) is 26.4 Å². The summed E-state index contributed by atoms with van der Waals surface area (Å²) in [7, 11) is -3.44. The molecule has 5 nitrogen and oxygen atoms in total. The Bertz CT molecular complexity index is 735. The number of amides is 1. The number of likely N-dealkylation sites (tertiary alicyclic amines) is 1. The second-order valence-electron chi connectivity index (χ2n) is 6.63. The topological polar surface area (TPSA) is 66.5 Å². The largest absolute Gasteiger partial charge is 0.416 e. The van der Waals surface area contributed by atoms with Gasteiger partial charge in [0.05, 0.1) is 18.4 Å². The van der Waals surface area contributed by atoms with Crippen molar-refractivity contribution in [2.45, 2.75) is 31.9 Å². The van der Waals surface area contributed by atoms with Gasteiger partial charge in [-0.25, -0.2) is 13.1 Å². The molecule has 2 rings (SSSR count). The Labute approximate surface area is 151 Å². The first-order chi connectivity index (χ1) is 12.1. The maximum atomic E-state index is 13.1. The van der Waals surface area contributed by atoms with Gasteiger partial charge in [-0.3, -0.25) is 4.79 Å². The number of piperidine rings is 1. The van der Waals surface area contributed by atoms with Crippen LogP contribution in [0.15, 0.2) is 24.3 Å². The summed E-state index contributed by atoms with van der Waals surface area (Å²) < 4.78 is 63.5. The molecule has 0 aliphatic carbocycles. The summed E-state index contributed by atoms with van der Waals surface area (Å²) in [5.41, 5.74) is -0.344. The minimum absolute atomic E-state index is 0.104. The molecule has 1 saturated heterocycles. The normalized spacial score (nSPS) is 18.8. The van der Waals surface area contributed by atoms with Crippen molar-refractivity contribution < 1.29 is 26.4 Å². The molecule has 1 unspecified atom stereocenters. The standard InChI is InChI=1S/C17H23F3N2O3S/c1-26(24,25)21-11-16(23)22-10-4-5-13(12-22)8-9-14-6-2-3-7-15(14)17(18,19)20/h2-3,6-7,13,21H,4-5,8-12H2,1H3. The van der Waals surface area contributed by atoms with Crippen LogP contribution in [0, 0.1) is 5.92 Å². The molecule has 1 aliphatic heterocycles. The molecule has 1 atom stereocenters. The van der Waals surface area contributed by atoms with Crippen molar-refractivity contribution in [2.24, 2.45) is 5.92 Å². The number of halogens is 3. The number of hydrogen-bond acceptors (Lipinski definition) is 3. The highest BCUT2D eigenvalue weighted by Crippen LogP contribution is 2.33. The molecule has 1 aromatic rings. The van der Waals surface area contributed by atoms with Gasteiger partial charge in [0.1, 0.15) is 0 Å². The second-order valence-corrected chi connectivity index (χ2v) is 8.47. The van der Waals surface area contributed by atoms with Gasteiger partial charge in [-0.2, -0.15) is 13.2 Å². The van der Waals surface area contributed by atoms with E-state index in [0.717, 1.165) is 25.2 Å². The van der Waals surface area contributed by atoms with Crippen LogP contribution in [0.2, 0.25) is 0 Å². The summed E-state index contributed by atoms with van der Waals surface area (Å²) in [4.78, 5) is 13.7. The van der Waals surface area contributed by atoms with Gasteiger partial charge in [-0.05, 0) is 43.2 Å². The van der Waals surface area contributed by atoms with Crippen molar-refractivity contribution in [1.29, 1.82) is 0 Å². The van der Waals surface area contributed by atoms with E-state index in [4.69, 9.17) is 0 Å². The van der Waals surface area contributed by atoms with Gasteiger partial charge in [0.25, 0.3) is 0 Å². The predicted molar refractivity (Wildman–Crippen MR) is 91.9 cm³/mol. The number of nitrogens with zero attached hydrogens (tertiary/aromatic N) is 1. The van der Waals surface area contributed by atoms with Crippen LogP contribution in [0.1, 0.15) is 30.4 Å². The predicted octanol–water partition coefficient (Wildman–Crippen LogP) is 2.43. The van der Waals surface area contributed by atoms with Crippen LogP contribution in [-0.2, 0) is 27.4 Å². The van der Waals surface area contributed by atoms with E-state index in [1.54, 1.807) is 11.0 Å². The van der Waals surface area contributed by atoms with Gasteiger partial charge in [-0.1, -0.05) is 18.2 Å². The summed E-state index contributed by atoms with van der Waals surface area (Å²) >= 11 is 0. The zero-order valence-corrected chi connectivity index (χ0v) is 15.4. The van der Waals surface area contributed by atoms with Gasteiger partial charge >= 0.3 is 6.18 Å². The number of carbonyl (C=O) groups excluding carboxylic acids is 1. The first-order valence-corrected chi connectivity index (χ1v) is 10.3. The van der Waals surface area contributed by atoms with Crippen LogP contribution < -0.4 is 4.72 Å². The Kier molecular flexibility index (Phi) is 6.68. The molecule has 1 heterocycles. The van der Waals surface area contributed by atoms with E-state index in [1.807, 2.05) is 0 Å². The van der Waals surface area contributed by atoms with E-state index >= 15 is 0 Å². The minimum Gasteiger partial charge on any atom is -0.341 e. The van der Waals surface area contributed by atoms with E-state index in [1.165, 1.54) is 12.1 Å². The molecule has 0 bridgehead atoms. The smallest absolute Gasteiger partial charge is 0.341 e. The number of nitrogens with one attached hydrogen (secondary N) is 1. The van der Waals surface area contributed by atoms with E-state index < -0.39 is 21.8 Å². The van der Waals surface area contributed by atoms with Crippen molar-refractivity contribution in [3.05, 3.63) is 35.4 Å². The van der Waals surface area contributed by atoms with Crippen molar-refractivity contribution in [1.82, 2.24) is 9.62 Å². The Morgan fingerprint density at radius 3 is 2.65 bits per heavy atom. The molecule has 0 radical (unpaired) electrons. The third-order valence-corrected chi connectivity index (χ3v) is 5.17. The van der Waals surface area contributed by atoms with Gasteiger partial charge < -0.3 is 4.90 Å². The average molecular weight is 392 g/mol. The lowest BCUT2D eigenvalue weighted by molar-refractivity contribution is -0.138. The van der Waals surface area contributed by atoms with Crippen LogP contribution >= 0.6 is 0 Å². The summed E-state index contributed by atoms with van der Waals surface area (Å²) in [6.07, 6.45) is -0.937. The number of rotatable bonds is 6. The number of benzene rings is 1. The van der Waals surface area contributed by atoms with Crippen molar-refractivity contribution in [3.63, 3.8) is 0 Å². The first-order valence-electron chi connectivity index (χ1n) is 8.44. The Morgan fingerprint density at radius 1 is 1.31 bits per heavy atom. The molecule has 1 aromatic carbocycles. The third-order valence-electron chi connectivity index (χ3n) is 4.50. The lowest BCUT2D eigenvalue weighted by atomic mass is 9.90. The number of sulfonamides is 1.